The van der Waals surface area contributed by atoms with Gasteiger partial charge < -0.3 is 89.9 Å². The predicted molar refractivity (Wildman–Crippen MR) is 309 cm³/mol. The Kier molecular flexibility index (Phi) is 41.0. The largest absolute Gasteiger partial charge is 0.394 e. The van der Waals surface area contributed by atoms with Crippen molar-refractivity contribution in [3.8, 4) is 0 Å². The van der Waals surface area contributed by atoms with E-state index in [1.165, 1.54) is 128 Å². The molecule has 3 heterocycles. The lowest BCUT2D eigenvalue weighted by atomic mass is 9.96. The van der Waals surface area contributed by atoms with Crippen molar-refractivity contribution in [2.24, 2.45) is 0 Å². The molecule has 3 aliphatic heterocycles. The predicted octanol–water partition coefficient (Wildman–Crippen LogP) is 6.49. The first kappa shape index (κ1) is 73.3. The highest BCUT2D eigenvalue weighted by Crippen LogP contribution is 2.33. The Hall–Kier alpha value is -1.99. The molecule has 0 spiro atoms. The molecule has 3 saturated heterocycles. The van der Waals surface area contributed by atoms with E-state index in [1.54, 1.807) is 6.08 Å². The summed E-state index contributed by atoms with van der Waals surface area (Å²) < 4.78 is 34.1. The van der Waals surface area contributed by atoms with Crippen molar-refractivity contribution in [1.82, 2.24) is 5.32 Å². The van der Waals surface area contributed by atoms with E-state index in [-0.39, 0.29) is 18.9 Å². The second-order valence-electron chi connectivity index (χ2n) is 22.9. The Bertz CT molecular complexity index is 1620. The van der Waals surface area contributed by atoms with E-state index < -0.39 is 124 Å². The highest BCUT2D eigenvalue weighted by molar-refractivity contribution is 5.76. The van der Waals surface area contributed by atoms with Crippen molar-refractivity contribution in [2.75, 3.05) is 26.4 Å². The van der Waals surface area contributed by atoms with E-state index in [2.05, 4.69) is 43.5 Å². The number of hydrogen-bond acceptors (Lipinski definition) is 18. The molecule has 19 heteroatoms. The second-order valence-corrected chi connectivity index (χ2v) is 22.9. The summed E-state index contributed by atoms with van der Waals surface area (Å²) in [6.45, 7) is 1.64. The number of rotatable bonds is 47. The molecule has 0 aromatic carbocycles. The molecule has 3 rings (SSSR count). The Morgan fingerprint density at radius 1 is 0.432 bits per heavy atom. The minimum absolute atomic E-state index is 0.231. The standard InChI is InChI=1S/C62H113NO18/c1-3-5-7-9-11-12-13-14-15-16-17-18-19-20-21-22-23-24-25-26-27-28-29-30-31-32-34-35-37-39-46(67)45(63-50(68)40-38-36-33-10-8-6-4-2)44-76-60-56(74)53(71)58(48(42-65)78-60)81-62-57(75)54(72)59(49(43-66)79-62)80-61-55(73)52(70)51(69)47(41-64)77-61/h27-28,31-32,37,39,45-49,51-62,64-67,69-75H,3-26,29-30,33-36,38,40-44H2,1-2H3,(H,63,68)/b28-27+,32-31+,39-37+. The van der Waals surface area contributed by atoms with Crippen LogP contribution >= 0.6 is 0 Å². The van der Waals surface area contributed by atoms with Crippen molar-refractivity contribution in [2.45, 2.75) is 324 Å². The number of hydrogen-bond donors (Lipinski definition) is 12. The molecule has 1 amide bonds. The monoisotopic (exact) mass is 1160 g/mol. The number of unbranched alkanes of at least 4 members (excludes halogenated alkanes) is 27. The van der Waals surface area contributed by atoms with Gasteiger partial charge in [-0.1, -0.05) is 204 Å². The molecule has 0 radical (unpaired) electrons. The van der Waals surface area contributed by atoms with Gasteiger partial charge in [-0.25, -0.2) is 0 Å². The number of amides is 1. The summed E-state index contributed by atoms with van der Waals surface area (Å²) in [5.74, 6) is -0.297. The van der Waals surface area contributed by atoms with Gasteiger partial charge in [0.1, 0.15) is 73.2 Å². The van der Waals surface area contributed by atoms with Crippen LogP contribution in [0.4, 0.5) is 0 Å². The van der Waals surface area contributed by atoms with Crippen molar-refractivity contribution in [3.05, 3.63) is 36.5 Å². The molecule has 81 heavy (non-hydrogen) atoms. The van der Waals surface area contributed by atoms with Gasteiger partial charge in [0.05, 0.1) is 38.6 Å². The van der Waals surface area contributed by atoms with Crippen LogP contribution in [0.2, 0.25) is 0 Å². The summed E-state index contributed by atoms with van der Waals surface area (Å²) in [7, 11) is 0. The molecule has 0 bridgehead atoms. The van der Waals surface area contributed by atoms with Gasteiger partial charge in [0.15, 0.2) is 18.9 Å². The molecular weight excluding hydrogens is 1050 g/mol. The van der Waals surface area contributed by atoms with Crippen molar-refractivity contribution >= 4 is 5.91 Å². The minimum atomic E-state index is -1.98. The molecular formula is C62H113NO18. The number of carbonyl (C=O) groups excluding carboxylic acids is 1. The summed E-state index contributed by atoms with van der Waals surface area (Å²) in [4.78, 5) is 13.2. The third kappa shape index (κ3) is 28.8. The van der Waals surface area contributed by atoms with Crippen LogP contribution in [0.5, 0.6) is 0 Å². The quantitative estimate of drug-likeness (QED) is 0.0229. The zero-order valence-electron chi connectivity index (χ0n) is 49.5. The van der Waals surface area contributed by atoms with Crippen molar-refractivity contribution in [1.29, 1.82) is 0 Å². The van der Waals surface area contributed by atoms with Crippen LogP contribution < -0.4 is 5.32 Å². The number of carbonyl (C=O) groups is 1. The molecule has 3 fully saturated rings. The summed E-state index contributed by atoms with van der Waals surface area (Å²) in [6, 6.07) is -0.991. The third-order valence-corrected chi connectivity index (χ3v) is 15.9. The first-order valence-corrected chi connectivity index (χ1v) is 31.7. The van der Waals surface area contributed by atoms with E-state index in [9.17, 15) is 61.0 Å². The lowest BCUT2D eigenvalue weighted by Gasteiger charge is -2.48. The number of aliphatic hydroxyl groups is 11. The van der Waals surface area contributed by atoms with Gasteiger partial charge in [-0.2, -0.15) is 0 Å². The zero-order chi connectivity index (χ0) is 59.0. The van der Waals surface area contributed by atoms with Crippen LogP contribution in [0, 0.1) is 0 Å². The second kappa shape index (κ2) is 45.3. The molecule has 17 atom stereocenters. The lowest BCUT2D eigenvalue weighted by Crippen LogP contribution is -2.66. The fraction of sp³-hybridized carbons (Fsp3) is 0.887. The number of allylic oxidation sites excluding steroid dienone is 5. The Morgan fingerprint density at radius 3 is 1.23 bits per heavy atom. The van der Waals surface area contributed by atoms with Crippen LogP contribution in [0.1, 0.15) is 219 Å². The van der Waals surface area contributed by atoms with Gasteiger partial charge in [-0.3, -0.25) is 4.79 Å². The topological polar surface area (TPSA) is 307 Å². The van der Waals surface area contributed by atoms with Crippen molar-refractivity contribution < 1.29 is 89.4 Å². The SMILES string of the molecule is CCCCCCCCCCCCCCCCCCCCC/C=C/CC/C=C/CC/C=C/C(O)C(COC1OC(CO)C(OC2OC(CO)C(OC3OC(CO)C(O)C(O)C3O)C(O)C2O)C(O)C1O)NC(=O)CCCCCCCCC. The van der Waals surface area contributed by atoms with Gasteiger partial charge in [-0.15, -0.1) is 0 Å². The molecule has 0 saturated carbocycles. The van der Waals surface area contributed by atoms with E-state index in [0.29, 0.717) is 12.8 Å². The van der Waals surface area contributed by atoms with Crippen LogP contribution in [-0.4, -0.2) is 193 Å². The average molecular weight is 1160 g/mol. The average Bonchev–Trinajstić information content (AvgIpc) is 3.46. The van der Waals surface area contributed by atoms with Crippen LogP contribution in [0.25, 0.3) is 0 Å². The maximum atomic E-state index is 13.2. The third-order valence-electron chi connectivity index (χ3n) is 15.9. The summed E-state index contributed by atoms with van der Waals surface area (Å²) in [5, 5.41) is 120. The number of nitrogens with one attached hydrogen (secondary N) is 1. The molecule has 19 nitrogen and oxygen atoms in total. The highest BCUT2D eigenvalue weighted by Gasteiger charge is 2.53. The maximum absolute atomic E-state index is 13.2. The van der Waals surface area contributed by atoms with Gasteiger partial charge in [0, 0.05) is 6.42 Å². The van der Waals surface area contributed by atoms with E-state index in [4.69, 9.17) is 28.4 Å². The van der Waals surface area contributed by atoms with Crippen LogP contribution in [0.15, 0.2) is 36.5 Å². The van der Waals surface area contributed by atoms with Crippen molar-refractivity contribution in [3.63, 3.8) is 0 Å². The Morgan fingerprint density at radius 2 is 0.790 bits per heavy atom. The molecule has 474 valence electrons. The molecule has 12 N–H and O–H groups in total. The fourth-order valence-electron chi connectivity index (χ4n) is 10.7. The minimum Gasteiger partial charge on any atom is -0.394 e. The molecule has 0 aromatic rings. The zero-order valence-corrected chi connectivity index (χ0v) is 49.5. The number of ether oxygens (including phenoxy) is 6. The first-order valence-electron chi connectivity index (χ1n) is 31.7. The summed E-state index contributed by atoms with van der Waals surface area (Å²) >= 11 is 0. The summed E-state index contributed by atoms with van der Waals surface area (Å²) in [5.41, 5.74) is 0. The molecule has 3 aliphatic rings. The Labute approximate surface area is 485 Å². The first-order chi connectivity index (χ1) is 39.3. The van der Waals surface area contributed by atoms with E-state index in [1.807, 2.05) is 6.08 Å². The molecule has 0 aromatic heterocycles. The van der Waals surface area contributed by atoms with Gasteiger partial charge in [-0.05, 0) is 44.9 Å². The van der Waals surface area contributed by atoms with Gasteiger partial charge >= 0.3 is 0 Å². The Balaban J connectivity index is 1.40. The van der Waals surface area contributed by atoms with Gasteiger partial charge in [0.2, 0.25) is 5.91 Å². The molecule has 17 unspecified atom stereocenters. The van der Waals surface area contributed by atoms with E-state index in [0.717, 1.165) is 57.8 Å². The fourth-order valence-corrected chi connectivity index (χ4v) is 10.7. The van der Waals surface area contributed by atoms with Crippen LogP contribution in [0.3, 0.4) is 0 Å². The normalized spacial score (nSPS) is 30.0. The summed E-state index contributed by atoms with van der Waals surface area (Å²) in [6.07, 6.45) is 23.4. The molecule has 0 aliphatic carbocycles. The highest BCUT2D eigenvalue weighted by atomic mass is 16.8. The number of aliphatic hydroxyl groups excluding tert-OH is 11. The van der Waals surface area contributed by atoms with E-state index >= 15 is 0 Å². The van der Waals surface area contributed by atoms with Gasteiger partial charge in [0.25, 0.3) is 0 Å². The van der Waals surface area contributed by atoms with Crippen LogP contribution in [-0.2, 0) is 33.2 Å². The lowest BCUT2D eigenvalue weighted by molar-refractivity contribution is -0.379. The maximum Gasteiger partial charge on any atom is 0.220 e. The smallest absolute Gasteiger partial charge is 0.220 e.